The molecule has 0 atom stereocenters. The van der Waals surface area contributed by atoms with E-state index in [4.69, 9.17) is 37.7 Å². The summed E-state index contributed by atoms with van der Waals surface area (Å²) in [5.41, 5.74) is 4.51. The minimum absolute atomic E-state index is 0.322. The van der Waals surface area contributed by atoms with E-state index in [9.17, 15) is 4.79 Å². The Kier molecular flexibility index (Phi) is 6.79. The van der Waals surface area contributed by atoms with Crippen LogP contribution in [0, 0.1) is 6.92 Å². The number of nitrogens with one attached hydrogen (secondary N) is 2. The van der Waals surface area contributed by atoms with Gasteiger partial charge in [0.2, 0.25) is 11.9 Å². The number of hydrogen-bond acceptors (Lipinski definition) is 7. The molecule has 2 aromatic carbocycles. The molecule has 0 aliphatic carbocycles. The van der Waals surface area contributed by atoms with E-state index in [-0.39, 0.29) is 5.91 Å². The third-order valence-electron chi connectivity index (χ3n) is 6.00. The highest BCUT2D eigenvalue weighted by Crippen LogP contribution is 2.47. The number of fused-ring (bicyclic) bond motifs is 3. The van der Waals surface area contributed by atoms with E-state index >= 15 is 0 Å². The lowest BCUT2D eigenvalue weighted by Gasteiger charge is -2.17. The van der Waals surface area contributed by atoms with Gasteiger partial charge in [-0.15, -0.1) is 0 Å². The van der Waals surface area contributed by atoms with Crippen molar-refractivity contribution in [3.63, 3.8) is 0 Å². The van der Waals surface area contributed by atoms with Crippen molar-refractivity contribution in [1.82, 2.24) is 19.4 Å². The van der Waals surface area contributed by atoms with Crippen molar-refractivity contribution in [3.8, 4) is 22.6 Å². The zero-order valence-corrected chi connectivity index (χ0v) is 22.2. The molecule has 38 heavy (non-hydrogen) atoms. The van der Waals surface area contributed by atoms with Crippen LogP contribution in [0.5, 0.6) is 11.5 Å². The van der Waals surface area contributed by atoms with Crippen LogP contribution in [0.1, 0.15) is 5.56 Å². The van der Waals surface area contributed by atoms with E-state index in [0.29, 0.717) is 61.3 Å². The Morgan fingerprint density at radius 3 is 2.50 bits per heavy atom. The number of halogens is 2. The molecule has 0 spiro atoms. The Morgan fingerprint density at radius 1 is 1.08 bits per heavy atom. The maximum Gasteiger partial charge on any atom is 0.247 e. The fourth-order valence-corrected chi connectivity index (χ4v) is 4.87. The fraction of sp³-hybridized carbons (Fsp3) is 0.111. The molecule has 0 unspecified atom stereocenters. The summed E-state index contributed by atoms with van der Waals surface area (Å²) >= 11 is 13.4. The summed E-state index contributed by atoms with van der Waals surface area (Å²) in [5, 5.41) is 7.41. The van der Waals surface area contributed by atoms with Crippen LogP contribution in [0.4, 0.5) is 17.3 Å². The Bertz CT molecular complexity index is 1710. The molecule has 9 nitrogen and oxygen atoms in total. The average Bonchev–Trinajstić information content (AvgIpc) is 3.41. The normalized spacial score (nSPS) is 11.0. The first-order valence-electron chi connectivity index (χ1n) is 11.4. The maximum absolute atomic E-state index is 11.9. The van der Waals surface area contributed by atoms with Gasteiger partial charge in [-0.05, 0) is 30.7 Å². The van der Waals surface area contributed by atoms with E-state index in [0.717, 1.165) is 10.9 Å². The van der Waals surface area contributed by atoms with Crippen LogP contribution < -0.4 is 20.1 Å². The number of aromatic nitrogens is 4. The molecular weight excluding hydrogens is 527 g/mol. The van der Waals surface area contributed by atoms with Gasteiger partial charge in [-0.1, -0.05) is 41.9 Å². The Hall–Kier alpha value is -4.34. The molecule has 0 radical (unpaired) electrons. The number of anilines is 3. The number of carbonyl (C=O) groups excluding carboxylic acids is 1. The van der Waals surface area contributed by atoms with Crippen LogP contribution in [0.15, 0.2) is 61.6 Å². The van der Waals surface area contributed by atoms with Gasteiger partial charge in [-0.3, -0.25) is 9.20 Å². The predicted molar refractivity (Wildman–Crippen MR) is 150 cm³/mol. The molecule has 3 heterocycles. The van der Waals surface area contributed by atoms with Gasteiger partial charge in [-0.2, -0.15) is 4.98 Å². The Labute approximate surface area is 228 Å². The molecule has 0 aliphatic rings. The zero-order chi connectivity index (χ0) is 27.0. The number of benzene rings is 2. The number of ether oxygens (including phenoxy) is 2. The number of methoxy groups -OCH3 is 2. The predicted octanol–water partition coefficient (Wildman–Crippen LogP) is 6.45. The maximum atomic E-state index is 11.9. The summed E-state index contributed by atoms with van der Waals surface area (Å²) in [6.45, 7) is 5.43. The van der Waals surface area contributed by atoms with Crippen LogP contribution in [0.2, 0.25) is 10.0 Å². The molecular formula is C27H22Cl2N6O3. The van der Waals surface area contributed by atoms with Crippen molar-refractivity contribution in [3.05, 3.63) is 77.2 Å². The van der Waals surface area contributed by atoms with E-state index in [1.165, 1.54) is 20.3 Å². The molecule has 3 aromatic heterocycles. The van der Waals surface area contributed by atoms with Crippen molar-refractivity contribution in [2.75, 3.05) is 24.9 Å². The third kappa shape index (κ3) is 4.36. The number of carbonyl (C=O) groups is 1. The average molecular weight is 549 g/mol. The smallest absolute Gasteiger partial charge is 0.247 e. The quantitative estimate of drug-likeness (QED) is 0.225. The number of pyridine rings is 1. The first-order chi connectivity index (χ1) is 18.4. The number of amides is 1. The molecule has 0 fully saturated rings. The Morgan fingerprint density at radius 2 is 1.82 bits per heavy atom. The van der Waals surface area contributed by atoms with Gasteiger partial charge in [0.05, 0.1) is 35.6 Å². The largest absolute Gasteiger partial charge is 0.495 e. The lowest BCUT2D eigenvalue weighted by atomic mass is 10.0. The summed E-state index contributed by atoms with van der Waals surface area (Å²) in [5.74, 6) is 0.849. The number of rotatable bonds is 7. The van der Waals surface area contributed by atoms with Gasteiger partial charge in [0, 0.05) is 41.2 Å². The van der Waals surface area contributed by atoms with Gasteiger partial charge < -0.3 is 20.1 Å². The van der Waals surface area contributed by atoms with Crippen LogP contribution in [-0.4, -0.2) is 39.5 Å². The zero-order valence-electron chi connectivity index (χ0n) is 20.7. The summed E-state index contributed by atoms with van der Waals surface area (Å²) < 4.78 is 12.7. The molecule has 0 saturated heterocycles. The topological polar surface area (TPSA) is 103 Å². The van der Waals surface area contributed by atoms with E-state index in [2.05, 4.69) is 27.2 Å². The minimum Gasteiger partial charge on any atom is -0.495 e. The van der Waals surface area contributed by atoms with E-state index < -0.39 is 0 Å². The SMILES string of the molecule is C=CC(=O)Nc1cccc(C)c1Nc1ncc2cc(-c3c(Cl)c(OC)cc(OC)c3Cl)c3nccn3c2n1. The van der Waals surface area contributed by atoms with Gasteiger partial charge in [0.1, 0.15) is 17.1 Å². The van der Waals surface area contributed by atoms with Crippen molar-refractivity contribution >= 4 is 63.1 Å². The lowest BCUT2D eigenvalue weighted by Crippen LogP contribution is -2.10. The highest BCUT2D eigenvalue weighted by molar-refractivity contribution is 6.41. The van der Waals surface area contributed by atoms with E-state index in [1.807, 2.05) is 29.5 Å². The second-order valence-electron chi connectivity index (χ2n) is 8.25. The van der Waals surface area contributed by atoms with Crippen LogP contribution in [0.3, 0.4) is 0 Å². The second kappa shape index (κ2) is 10.2. The molecule has 0 bridgehead atoms. The van der Waals surface area contributed by atoms with Crippen molar-refractivity contribution in [1.29, 1.82) is 0 Å². The van der Waals surface area contributed by atoms with Crippen molar-refractivity contribution in [2.24, 2.45) is 0 Å². The molecule has 5 aromatic rings. The summed E-state index contributed by atoms with van der Waals surface area (Å²) in [6.07, 6.45) is 6.35. The molecule has 0 aliphatic heterocycles. The highest BCUT2D eigenvalue weighted by atomic mass is 35.5. The number of hydrogen-bond donors (Lipinski definition) is 2. The standard InChI is InChI=1S/C27H22Cl2N6O3/c1-5-20(36)32-17-8-6-7-14(2)24(17)33-27-31-13-15-11-16(26-30-9-10-35(26)25(15)34-27)21-22(28)18(37-3)12-19(38-4)23(21)29/h5-13H,1H2,2-4H3,(H,32,36)(H,31,33,34). The Balaban J connectivity index is 1.66. The van der Waals surface area contributed by atoms with Gasteiger partial charge in [0.25, 0.3) is 0 Å². The first kappa shape index (κ1) is 25.3. The van der Waals surface area contributed by atoms with Crippen LogP contribution >= 0.6 is 23.2 Å². The molecule has 2 N–H and O–H groups in total. The number of nitrogens with zero attached hydrogens (tertiary/aromatic N) is 4. The van der Waals surface area contributed by atoms with Crippen molar-refractivity contribution < 1.29 is 14.3 Å². The molecule has 5 rings (SSSR count). The molecule has 192 valence electrons. The minimum atomic E-state index is -0.322. The summed E-state index contributed by atoms with van der Waals surface area (Å²) in [7, 11) is 3.05. The number of imidazole rings is 1. The summed E-state index contributed by atoms with van der Waals surface area (Å²) in [4.78, 5) is 25.8. The van der Waals surface area contributed by atoms with Gasteiger partial charge in [0.15, 0.2) is 5.65 Å². The molecule has 11 heteroatoms. The van der Waals surface area contributed by atoms with Gasteiger partial charge >= 0.3 is 0 Å². The van der Waals surface area contributed by atoms with Crippen LogP contribution in [-0.2, 0) is 4.79 Å². The molecule has 1 amide bonds. The fourth-order valence-electron chi connectivity index (χ4n) is 4.17. The van der Waals surface area contributed by atoms with Crippen molar-refractivity contribution in [2.45, 2.75) is 6.92 Å². The summed E-state index contributed by atoms with van der Waals surface area (Å²) in [6, 6.07) is 9.06. The number of para-hydroxylation sites is 1. The van der Waals surface area contributed by atoms with Gasteiger partial charge in [-0.25, -0.2) is 9.97 Å². The van der Waals surface area contributed by atoms with E-state index in [1.54, 1.807) is 30.7 Å². The first-order valence-corrected chi connectivity index (χ1v) is 12.1. The molecule has 0 saturated carbocycles. The van der Waals surface area contributed by atoms with Crippen LogP contribution in [0.25, 0.3) is 27.8 Å². The number of aryl methyl sites for hydroxylation is 1. The third-order valence-corrected chi connectivity index (χ3v) is 6.75. The monoisotopic (exact) mass is 548 g/mol. The highest BCUT2D eigenvalue weighted by Gasteiger charge is 2.22. The second-order valence-corrected chi connectivity index (χ2v) is 9.01. The lowest BCUT2D eigenvalue weighted by molar-refractivity contribution is -0.111.